The van der Waals surface area contributed by atoms with Crippen LogP contribution in [0.15, 0.2) is 24.4 Å². The van der Waals surface area contributed by atoms with Crippen molar-refractivity contribution in [3.8, 4) is 22.5 Å². The fourth-order valence-electron chi connectivity index (χ4n) is 2.73. The Kier molecular flexibility index (Phi) is 7.20. The maximum atomic E-state index is 14.6. The number of aromatic nitrogens is 5. The third-order valence-electron chi connectivity index (χ3n) is 4.33. The summed E-state index contributed by atoms with van der Waals surface area (Å²) in [6.07, 6.45) is 1.21. The molecule has 0 fully saturated rings. The number of carbonyl (C=O) groups excluding carboxylic acids is 1. The topological polar surface area (TPSA) is 109 Å². The lowest BCUT2D eigenvalue weighted by molar-refractivity contribution is -0.0889. The fourth-order valence-corrected chi connectivity index (χ4v) is 2.94. The van der Waals surface area contributed by atoms with Crippen molar-refractivity contribution >= 4 is 17.6 Å². The molecular weight excluding hydrogens is 458 g/mol. The van der Waals surface area contributed by atoms with Crippen LogP contribution in [0.25, 0.3) is 22.5 Å². The summed E-state index contributed by atoms with van der Waals surface area (Å²) >= 11 is 5.95. The van der Waals surface area contributed by atoms with E-state index in [0.29, 0.717) is 0 Å². The smallest absolute Gasteiger partial charge is 0.330 e. The second kappa shape index (κ2) is 9.87. The molecule has 0 atom stereocenters. The zero-order valence-electron chi connectivity index (χ0n) is 16.4. The van der Waals surface area contributed by atoms with Crippen molar-refractivity contribution in [3.63, 3.8) is 0 Å². The van der Waals surface area contributed by atoms with Crippen LogP contribution < -0.4 is 5.32 Å². The fraction of sp³-hybridized carbons (Fsp3) is 0.278. The summed E-state index contributed by atoms with van der Waals surface area (Å²) in [5.41, 5.74) is -0.0150. The number of nitrogens with one attached hydrogen (secondary N) is 1. The molecule has 0 bridgehead atoms. The molecule has 2 heterocycles. The van der Waals surface area contributed by atoms with Crippen molar-refractivity contribution in [1.82, 2.24) is 35.6 Å². The Bertz CT molecular complexity index is 1130. The minimum absolute atomic E-state index is 0.0419. The van der Waals surface area contributed by atoms with Gasteiger partial charge in [-0.25, -0.2) is 22.4 Å². The van der Waals surface area contributed by atoms with Crippen molar-refractivity contribution in [3.05, 3.63) is 46.7 Å². The summed E-state index contributed by atoms with van der Waals surface area (Å²) in [6.45, 7) is -3.10. The first kappa shape index (κ1) is 23.3. The number of hydrogen-bond donors (Lipinski definition) is 2. The number of pyridine rings is 1. The van der Waals surface area contributed by atoms with E-state index in [1.807, 2.05) is 0 Å². The number of rotatable bonds is 7. The molecule has 170 valence electrons. The van der Waals surface area contributed by atoms with Gasteiger partial charge in [-0.3, -0.25) is 10.2 Å². The Morgan fingerprint density at radius 3 is 2.56 bits per heavy atom. The van der Waals surface area contributed by atoms with Crippen LogP contribution in [-0.2, 0) is 13.6 Å². The van der Waals surface area contributed by atoms with Gasteiger partial charge >= 0.3 is 6.03 Å². The molecule has 9 nitrogen and oxygen atoms in total. The van der Waals surface area contributed by atoms with E-state index >= 15 is 0 Å². The molecule has 2 N–H and O–H groups in total. The van der Waals surface area contributed by atoms with Gasteiger partial charge in [0, 0.05) is 16.8 Å². The summed E-state index contributed by atoms with van der Waals surface area (Å²) in [6, 6.07) is 0.547. The van der Waals surface area contributed by atoms with Gasteiger partial charge in [-0.15, -0.1) is 10.2 Å². The van der Waals surface area contributed by atoms with Crippen LogP contribution in [0.3, 0.4) is 0 Å². The normalized spacial score (nSPS) is 11.1. The first-order valence-electron chi connectivity index (χ1n) is 9.01. The molecule has 0 aliphatic carbocycles. The van der Waals surface area contributed by atoms with Crippen molar-refractivity contribution in [2.24, 2.45) is 7.05 Å². The number of carbonyl (C=O) groups is 1. The minimum atomic E-state index is -1.68. The number of tetrazole rings is 1. The number of alkyl halides is 2. The number of halogens is 5. The van der Waals surface area contributed by atoms with Crippen LogP contribution in [0, 0.1) is 11.6 Å². The molecule has 0 spiro atoms. The monoisotopic (exact) mass is 473 g/mol. The van der Waals surface area contributed by atoms with Gasteiger partial charge in [0.2, 0.25) is 5.82 Å². The molecule has 2 amide bonds. The van der Waals surface area contributed by atoms with Gasteiger partial charge in [0.1, 0.15) is 31.0 Å². The lowest BCUT2D eigenvalue weighted by Crippen LogP contribution is -2.46. The summed E-state index contributed by atoms with van der Waals surface area (Å²) in [7, 11) is 1.49. The average molecular weight is 474 g/mol. The van der Waals surface area contributed by atoms with E-state index in [9.17, 15) is 27.6 Å². The predicted octanol–water partition coefficient (Wildman–Crippen LogP) is 3.08. The SMILES string of the molecule is Cn1nnc(-c2c(F)cc(Cl)cc2-c2cnc(CNC(=O)N(O)C(CF)CF)c(F)c2)n1. The van der Waals surface area contributed by atoms with Gasteiger partial charge in [0.05, 0.1) is 24.8 Å². The van der Waals surface area contributed by atoms with Crippen LogP contribution in [0.2, 0.25) is 5.02 Å². The number of hydroxylamine groups is 2. The van der Waals surface area contributed by atoms with E-state index < -0.39 is 43.6 Å². The highest BCUT2D eigenvalue weighted by molar-refractivity contribution is 6.31. The van der Waals surface area contributed by atoms with Gasteiger partial charge in [0.25, 0.3) is 0 Å². The number of nitrogens with zero attached hydrogens (tertiary/aromatic N) is 6. The zero-order chi connectivity index (χ0) is 23.4. The molecule has 3 rings (SSSR count). The molecule has 0 radical (unpaired) electrons. The minimum Gasteiger partial charge on any atom is -0.330 e. The first-order chi connectivity index (χ1) is 15.2. The summed E-state index contributed by atoms with van der Waals surface area (Å²) in [5, 5.41) is 22.8. The van der Waals surface area contributed by atoms with E-state index in [-0.39, 0.29) is 38.3 Å². The highest BCUT2D eigenvalue weighted by atomic mass is 35.5. The summed E-state index contributed by atoms with van der Waals surface area (Å²) < 4.78 is 54.4. The van der Waals surface area contributed by atoms with Crippen molar-refractivity contribution in [1.29, 1.82) is 0 Å². The predicted molar refractivity (Wildman–Crippen MR) is 104 cm³/mol. The number of benzene rings is 1. The largest absolute Gasteiger partial charge is 0.341 e. The standard InChI is InChI=1S/C18H16ClF4N7O2/c1-29-27-17(26-28-29)16-12(3-10(19)4-14(16)23)9-2-13(22)15(24-7-9)8-25-18(31)30(32)11(5-20)6-21/h2-4,7,11,32H,5-6,8H2,1H3,(H,25,31). The van der Waals surface area contributed by atoms with E-state index in [1.54, 1.807) is 0 Å². The van der Waals surface area contributed by atoms with Crippen LogP contribution in [0.1, 0.15) is 5.69 Å². The first-order valence-corrected chi connectivity index (χ1v) is 9.39. The Morgan fingerprint density at radius 1 is 1.25 bits per heavy atom. The lowest BCUT2D eigenvalue weighted by Gasteiger charge is -2.21. The molecule has 0 unspecified atom stereocenters. The Labute approximate surface area is 183 Å². The van der Waals surface area contributed by atoms with E-state index in [4.69, 9.17) is 11.6 Å². The average Bonchev–Trinajstić information content (AvgIpc) is 3.18. The van der Waals surface area contributed by atoms with Crippen molar-refractivity contribution < 1.29 is 27.6 Å². The Morgan fingerprint density at radius 2 is 1.97 bits per heavy atom. The van der Waals surface area contributed by atoms with E-state index in [0.717, 1.165) is 16.9 Å². The number of aryl methyl sites for hydroxylation is 1. The maximum Gasteiger partial charge on any atom is 0.341 e. The Balaban J connectivity index is 1.87. The van der Waals surface area contributed by atoms with Crippen molar-refractivity contribution in [2.45, 2.75) is 12.6 Å². The molecule has 1 aromatic carbocycles. The number of urea groups is 1. The lowest BCUT2D eigenvalue weighted by atomic mass is 9.99. The number of hydrogen-bond acceptors (Lipinski definition) is 6. The summed E-state index contributed by atoms with van der Waals surface area (Å²) in [5.74, 6) is -1.68. The van der Waals surface area contributed by atoms with E-state index in [2.05, 4.69) is 25.7 Å². The van der Waals surface area contributed by atoms with Crippen LogP contribution in [0.4, 0.5) is 22.4 Å². The van der Waals surface area contributed by atoms with Crippen molar-refractivity contribution in [2.75, 3.05) is 13.3 Å². The molecule has 32 heavy (non-hydrogen) atoms. The second-order valence-corrected chi connectivity index (χ2v) is 6.97. The van der Waals surface area contributed by atoms with Crippen LogP contribution in [-0.4, -0.2) is 60.9 Å². The van der Waals surface area contributed by atoms with Gasteiger partial charge in [-0.2, -0.15) is 9.86 Å². The highest BCUT2D eigenvalue weighted by Gasteiger charge is 2.23. The third kappa shape index (κ3) is 4.94. The molecule has 0 saturated carbocycles. The number of amides is 2. The maximum absolute atomic E-state index is 14.6. The molecule has 3 aromatic rings. The molecule has 0 aliphatic rings. The van der Waals surface area contributed by atoms with Gasteiger partial charge < -0.3 is 5.32 Å². The van der Waals surface area contributed by atoms with Gasteiger partial charge in [0.15, 0.2) is 0 Å². The van der Waals surface area contributed by atoms with Gasteiger partial charge in [-0.05, 0) is 29.0 Å². The third-order valence-corrected chi connectivity index (χ3v) is 4.55. The second-order valence-electron chi connectivity index (χ2n) is 6.53. The zero-order valence-corrected chi connectivity index (χ0v) is 17.2. The Hall–Kier alpha value is -3.32. The van der Waals surface area contributed by atoms with Crippen LogP contribution in [0.5, 0.6) is 0 Å². The molecule has 0 aliphatic heterocycles. The highest BCUT2D eigenvalue weighted by Crippen LogP contribution is 2.35. The quantitative estimate of drug-likeness (QED) is 0.310. The van der Waals surface area contributed by atoms with Crippen LogP contribution >= 0.6 is 11.6 Å². The van der Waals surface area contributed by atoms with E-state index in [1.165, 1.54) is 19.3 Å². The van der Waals surface area contributed by atoms with Gasteiger partial charge in [-0.1, -0.05) is 11.6 Å². The molecule has 14 heteroatoms. The molecular formula is C18H16ClF4N7O2. The summed E-state index contributed by atoms with van der Waals surface area (Å²) in [4.78, 5) is 16.8. The molecule has 0 saturated heterocycles. The molecule has 2 aromatic heterocycles.